The van der Waals surface area contributed by atoms with E-state index in [-0.39, 0.29) is 24.0 Å². The molecule has 1 saturated carbocycles. The first kappa shape index (κ1) is 18.9. The Kier molecular flexibility index (Phi) is 7.60. The zero-order chi connectivity index (χ0) is 15.9. The molecule has 0 aromatic heterocycles. The Morgan fingerprint density at radius 3 is 2.33 bits per heavy atom. The Morgan fingerprint density at radius 1 is 1.24 bits per heavy atom. The van der Waals surface area contributed by atoms with Crippen LogP contribution in [-0.4, -0.2) is 49.8 Å². The minimum absolute atomic E-state index is 0.0485. The molecule has 1 rings (SSSR count). The summed E-state index contributed by atoms with van der Waals surface area (Å²) in [5.74, 6) is 0.0485. The molecular formula is C15H32N2O3S. The summed E-state index contributed by atoms with van der Waals surface area (Å²) in [5, 5.41) is 0. The van der Waals surface area contributed by atoms with Gasteiger partial charge in [0.15, 0.2) is 0 Å². The number of nitrogens with zero attached hydrogens (tertiary/aromatic N) is 1. The van der Waals surface area contributed by atoms with Gasteiger partial charge in [-0.3, -0.25) is 0 Å². The van der Waals surface area contributed by atoms with Gasteiger partial charge in [0.25, 0.3) is 0 Å². The van der Waals surface area contributed by atoms with Crippen LogP contribution in [-0.2, 0) is 14.8 Å². The summed E-state index contributed by atoms with van der Waals surface area (Å²) in [7, 11) is -3.32. The van der Waals surface area contributed by atoms with E-state index in [0.29, 0.717) is 13.1 Å². The summed E-state index contributed by atoms with van der Waals surface area (Å²) in [6.07, 6.45) is 5.94. The Morgan fingerprint density at radius 2 is 1.86 bits per heavy atom. The van der Waals surface area contributed by atoms with Gasteiger partial charge in [-0.2, -0.15) is 4.31 Å². The molecule has 0 amide bonds. The van der Waals surface area contributed by atoms with Crippen LogP contribution in [0.3, 0.4) is 0 Å². The van der Waals surface area contributed by atoms with Gasteiger partial charge in [0.2, 0.25) is 10.0 Å². The fraction of sp³-hybridized carbons (Fsp3) is 1.00. The van der Waals surface area contributed by atoms with Crippen LogP contribution in [0.1, 0.15) is 59.3 Å². The Hall–Kier alpha value is -0.170. The molecule has 0 aromatic carbocycles. The Balaban J connectivity index is 2.87. The summed E-state index contributed by atoms with van der Waals surface area (Å²) in [6.45, 7) is 7.07. The largest absolute Gasteiger partial charge is 0.378 e. The van der Waals surface area contributed by atoms with E-state index in [2.05, 4.69) is 0 Å². The lowest BCUT2D eigenvalue weighted by atomic mass is 9.81. The van der Waals surface area contributed by atoms with Gasteiger partial charge in [-0.25, -0.2) is 8.42 Å². The van der Waals surface area contributed by atoms with Crippen LogP contribution >= 0.6 is 0 Å². The second-order valence-electron chi connectivity index (χ2n) is 6.30. The molecular weight excluding hydrogens is 288 g/mol. The van der Waals surface area contributed by atoms with Gasteiger partial charge >= 0.3 is 0 Å². The van der Waals surface area contributed by atoms with Crippen LogP contribution in [0, 0.1) is 0 Å². The molecule has 0 bridgehead atoms. The molecule has 1 aliphatic carbocycles. The van der Waals surface area contributed by atoms with Crippen LogP contribution in [0.2, 0.25) is 0 Å². The molecule has 0 radical (unpaired) electrons. The second kappa shape index (κ2) is 8.46. The minimum atomic E-state index is -3.32. The van der Waals surface area contributed by atoms with Gasteiger partial charge in [0, 0.05) is 18.6 Å². The van der Waals surface area contributed by atoms with Crippen molar-refractivity contribution in [3.63, 3.8) is 0 Å². The third-order valence-electron chi connectivity index (χ3n) is 4.25. The molecule has 0 saturated heterocycles. The highest BCUT2D eigenvalue weighted by Gasteiger charge is 2.42. The monoisotopic (exact) mass is 320 g/mol. The third kappa shape index (κ3) is 5.20. The van der Waals surface area contributed by atoms with Gasteiger partial charge in [-0.05, 0) is 33.1 Å². The lowest BCUT2D eigenvalue weighted by molar-refractivity contribution is 0.0884. The first-order chi connectivity index (χ1) is 9.88. The summed E-state index contributed by atoms with van der Waals surface area (Å²) in [5.41, 5.74) is 5.64. The van der Waals surface area contributed by atoms with E-state index in [9.17, 15) is 8.42 Å². The Labute approximate surface area is 130 Å². The highest BCUT2D eigenvalue weighted by molar-refractivity contribution is 7.89. The molecule has 0 unspecified atom stereocenters. The molecule has 0 aromatic rings. The first-order valence-electron chi connectivity index (χ1n) is 8.20. The molecule has 6 heteroatoms. The summed E-state index contributed by atoms with van der Waals surface area (Å²) in [4.78, 5) is 0. The maximum Gasteiger partial charge on any atom is 0.216 e. The fourth-order valence-corrected chi connectivity index (χ4v) is 4.97. The van der Waals surface area contributed by atoms with Crippen molar-refractivity contribution >= 4 is 10.0 Å². The van der Waals surface area contributed by atoms with Crippen molar-refractivity contribution in [2.24, 2.45) is 5.73 Å². The smallest absolute Gasteiger partial charge is 0.216 e. The summed E-state index contributed by atoms with van der Waals surface area (Å²) in [6, 6.07) is 0. The topological polar surface area (TPSA) is 72.6 Å². The number of ether oxygens (including phenoxy) is 1. The number of nitrogens with two attached hydrogens (primary N) is 1. The lowest BCUT2D eigenvalue weighted by Gasteiger charge is -2.45. The average Bonchev–Trinajstić information content (AvgIpc) is 2.44. The van der Waals surface area contributed by atoms with Crippen LogP contribution in [0.4, 0.5) is 0 Å². The predicted molar refractivity (Wildman–Crippen MR) is 86.7 cm³/mol. The molecule has 0 aliphatic heterocycles. The summed E-state index contributed by atoms with van der Waals surface area (Å²) < 4.78 is 32.6. The molecule has 1 fully saturated rings. The van der Waals surface area contributed by atoms with E-state index in [1.165, 1.54) is 6.42 Å². The van der Waals surface area contributed by atoms with E-state index >= 15 is 0 Å². The normalized spacial score (nSPS) is 19.3. The van der Waals surface area contributed by atoms with E-state index in [4.69, 9.17) is 10.5 Å². The molecule has 0 spiro atoms. The van der Waals surface area contributed by atoms with Crippen molar-refractivity contribution in [1.82, 2.24) is 4.31 Å². The number of sulfonamides is 1. The maximum absolute atomic E-state index is 12.8. The lowest BCUT2D eigenvalue weighted by Crippen LogP contribution is -2.58. The predicted octanol–water partition coefficient (Wildman–Crippen LogP) is 2.11. The Bertz CT molecular complexity index is 390. The van der Waals surface area contributed by atoms with Crippen molar-refractivity contribution in [2.75, 3.05) is 25.4 Å². The quantitative estimate of drug-likeness (QED) is 0.706. The second-order valence-corrected chi connectivity index (χ2v) is 8.31. The fourth-order valence-electron chi connectivity index (χ4n) is 3.14. The zero-order valence-electron chi connectivity index (χ0n) is 13.8. The maximum atomic E-state index is 12.8. The molecule has 0 atom stereocenters. The average molecular weight is 320 g/mol. The van der Waals surface area contributed by atoms with Crippen molar-refractivity contribution in [3.05, 3.63) is 0 Å². The highest BCUT2D eigenvalue weighted by atomic mass is 32.2. The number of hydrogen-bond acceptors (Lipinski definition) is 4. The molecule has 21 heavy (non-hydrogen) atoms. The van der Waals surface area contributed by atoms with Gasteiger partial charge in [0.05, 0.1) is 18.5 Å². The minimum Gasteiger partial charge on any atom is -0.378 e. The third-order valence-corrected chi connectivity index (χ3v) is 6.17. The van der Waals surface area contributed by atoms with Crippen LogP contribution in [0.15, 0.2) is 0 Å². The summed E-state index contributed by atoms with van der Waals surface area (Å²) >= 11 is 0. The molecule has 5 nitrogen and oxygen atoms in total. The molecule has 0 heterocycles. The van der Waals surface area contributed by atoms with Crippen LogP contribution in [0.5, 0.6) is 0 Å². The van der Waals surface area contributed by atoms with Gasteiger partial charge in [-0.1, -0.05) is 26.2 Å². The van der Waals surface area contributed by atoms with Gasteiger partial charge < -0.3 is 10.5 Å². The molecule has 126 valence electrons. The van der Waals surface area contributed by atoms with Gasteiger partial charge in [0.1, 0.15) is 0 Å². The zero-order valence-corrected chi connectivity index (χ0v) is 14.6. The van der Waals surface area contributed by atoms with E-state index < -0.39 is 10.0 Å². The number of hydrogen-bond donors (Lipinski definition) is 1. The van der Waals surface area contributed by atoms with Crippen LogP contribution < -0.4 is 5.73 Å². The molecule has 1 aliphatic rings. The SMILES string of the molecule is CCCN(C1(CN)CCCCC1)S(=O)(=O)CCOC(C)C. The van der Waals surface area contributed by atoms with Gasteiger partial charge in [-0.15, -0.1) is 0 Å². The van der Waals surface area contributed by atoms with Crippen molar-refractivity contribution in [3.8, 4) is 0 Å². The van der Waals surface area contributed by atoms with Crippen molar-refractivity contribution in [2.45, 2.75) is 70.9 Å². The van der Waals surface area contributed by atoms with E-state index in [0.717, 1.165) is 32.1 Å². The highest BCUT2D eigenvalue weighted by Crippen LogP contribution is 2.35. The number of rotatable bonds is 9. The standard InChI is InChI=1S/C15H32N2O3S/c1-4-10-17(15(13-16)8-6-5-7-9-15)21(18,19)12-11-20-14(2)3/h14H,4-13,16H2,1-3H3. The first-order valence-corrected chi connectivity index (χ1v) is 9.81. The van der Waals surface area contributed by atoms with Crippen LogP contribution in [0.25, 0.3) is 0 Å². The van der Waals surface area contributed by atoms with E-state index in [1.807, 2.05) is 20.8 Å². The van der Waals surface area contributed by atoms with Crippen molar-refractivity contribution in [1.29, 1.82) is 0 Å². The molecule has 2 N–H and O–H groups in total. The van der Waals surface area contributed by atoms with E-state index in [1.54, 1.807) is 4.31 Å². The van der Waals surface area contributed by atoms with Crippen molar-refractivity contribution < 1.29 is 13.2 Å².